The highest BCUT2D eigenvalue weighted by molar-refractivity contribution is 5.74. The van der Waals surface area contributed by atoms with E-state index in [0.717, 1.165) is 12.1 Å². The number of halogens is 2. The highest BCUT2D eigenvalue weighted by atomic mass is 19.2. The summed E-state index contributed by atoms with van der Waals surface area (Å²) in [5.41, 5.74) is -0.218. The Morgan fingerprint density at radius 3 is 2.41 bits per heavy atom. The highest BCUT2D eigenvalue weighted by Crippen LogP contribution is 2.25. The van der Waals surface area contributed by atoms with Gasteiger partial charge in [-0.1, -0.05) is 0 Å². The van der Waals surface area contributed by atoms with E-state index >= 15 is 0 Å². The minimum atomic E-state index is -1.07. The van der Waals surface area contributed by atoms with Crippen molar-refractivity contribution in [2.24, 2.45) is 0 Å². The van der Waals surface area contributed by atoms with Crippen molar-refractivity contribution in [3.05, 3.63) is 29.3 Å². The zero-order valence-corrected chi connectivity index (χ0v) is 16.4. The summed E-state index contributed by atoms with van der Waals surface area (Å²) in [7, 11) is 0. The Hall–Kier alpha value is -2.38. The largest absolute Gasteiger partial charge is 0.479 e. The predicted octanol–water partition coefficient (Wildman–Crippen LogP) is 3.75. The second-order valence-corrected chi connectivity index (χ2v) is 6.92. The molecule has 0 heterocycles. The molecule has 1 aromatic carbocycles. The second kappa shape index (κ2) is 10.1. The van der Waals surface area contributed by atoms with Gasteiger partial charge in [0, 0.05) is 12.6 Å². The minimum absolute atomic E-state index is 0.0618. The van der Waals surface area contributed by atoms with Gasteiger partial charge in [0.25, 0.3) is 0 Å². The molecular weight excluding hydrogens is 360 g/mol. The fraction of sp³-hybridized carbons (Fsp3) is 0.579. The monoisotopic (exact) mass is 387 g/mol. The van der Waals surface area contributed by atoms with Crippen molar-refractivity contribution < 1.29 is 32.6 Å². The average molecular weight is 387 g/mol. The standard InChI is InChI=1S/C19H27F2NO5/c1-6-25-17(23)12(2)26-16-11-15(21)14(20)10-13(16)8-7-9-22-18(24)27-19(3,4)5/h10-12H,6-9H2,1-5H3,(H,22,24)/t12-/m1/s1. The summed E-state index contributed by atoms with van der Waals surface area (Å²) in [4.78, 5) is 23.3. The number of carbonyl (C=O) groups excluding carboxylic acids is 2. The van der Waals surface area contributed by atoms with Crippen LogP contribution in [0.4, 0.5) is 13.6 Å². The van der Waals surface area contributed by atoms with E-state index in [1.54, 1.807) is 27.7 Å². The van der Waals surface area contributed by atoms with E-state index < -0.39 is 35.4 Å². The molecule has 0 aromatic heterocycles. The number of alkyl carbamates (subject to hydrolysis) is 1. The van der Waals surface area contributed by atoms with E-state index in [0.29, 0.717) is 18.4 Å². The molecule has 6 nitrogen and oxygen atoms in total. The highest BCUT2D eigenvalue weighted by Gasteiger charge is 2.20. The number of hydrogen-bond acceptors (Lipinski definition) is 5. The van der Waals surface area contributed by atoms with E-state index in [1.165, 1.54) is 6.92 Å². The Balaban J connectivity index is 2.69. The minimum Gasteiger partial charge on any atom is -0.479 e. The lowest BCUT2D eigenvalue weighted by molar-refractivity contribution is -0.150. The molecule has 0 unspecified atom stereocenters. The van der Waals surface area contributed by atoms with Gasteiger partial charge in [0.05, 0.1) is 6.61 Å². The Morgan fingerprint density at radius 2 is 1.81 bits per heavy atom. The normalized spacial score (nSPS) is 12.3. The summed E-state index contributed by atoms with van der Waals surface area (Å²) in [5.74, 6) is -2.62. The molecule has 0 fully saturated rings. The molecular formula is C19H27F2NO5. The molecule has 1 aromatic rings. The molecule has 1 N–H and O–H groups in total. The first-order chi connectivity index (χ1) is 12.5. The van der Waals surface area contributed by atoms with Crippen molar-refractivity contribution in [1.82, 2.24) is 5.32 Å². The molecule has 0 radical (unpaired) electrons. The number of nitrogens with one attached hydrogen (secondary N) is 1. The first-order valence-corrected chi connectivity index (χ1v) is 8.81. The van der Waals surface area contributed by atoms with Crippen LogP contribution in [0.3, 0.4) is 0 Å². The number of rotatable bonds is 8. The van der Waals surface area contributed by atoms with Gasteiger partial charge in [-0.25, -0.2) is 18.4 Å². The molecule has 0 bridgehead atoms. The third kappa shape index (κ3) is 8.23. The van der Waals surface area contributed by atoms with E-state index in [9.17, 15) is 18.4 Å². The lowest BCUT2D eigenvalue weighted by Crippen LogP contribution is -2.33. The molecule has 0 spiro atoms. The molecule has 1 amide bonds. The number of ether oxygens (including phenoxy) is 3. The van der Waals surface area contributed by atoms with E-state index in [1.807, 2.05) is 0 Å². The van der Waals surface area contributed by atoms with Crippen molar-refractivity contribution in [1.29, 1.82) is 0 Å². The van der Waals surface area contributed by atoms with Crippen molar-refractivity contribution >= 4 is 12.1 Å². The van der Waals surface area contributed by atoms with E-state index in [-0.39, 0.29) is 18.9 Å². The van der Waals surface area contributed by atoms with Gasteiger partial charge in [-0.15, -0.1) is 0 Å². The number of hydrogen-bond donors (Lipinski definition) is 1. The van der Waals surface area contributed by atoms with Gasteiger partial charge in [0.1, 0.15) is 11.4 Å². The maximum atomic E-state index is 13.6. The van der Waals surface area contributed by atoms with Gasteiger partial charge in [-0.2, -0.15) is 0 Å². The average Bonchev–Trinajstić information content (AvgIpc) is 2.54. The number of aryl methyl sites for hydroxylation is 1. The van der Waals surface area contributed by atoms with Crippen LogP contribution < -0.4 is 10.1 Å². The third-order valence-corrected chi connectivity index (χ3v) is 3.32. The van der Waals surface area contributed by atoms with Gasteiger partial charge < -0.3 is 19.5 Å². The van der Waals surface area contributed by atoms with Gasteiger partial charge in [0.15, 0.2) is 17.7 Å². The number of carbonyl (C=O) groups is 2. The number of benzene rings is 1. The summed E-state index contributed by atoms with van der Waals surface area (Å²) < 4.78 is 42.6. The molecule has 27 heavy (non-hydrogen) atoms. The zero-order chi connectivity index (χ0) is 20.6. The Kier molecular flexibility index (Phi) is 8.46. The van der Waals surface area contributed by atoms with Crippen LogP contribution in [0.1, 0.15) is 46.6 Å². The van der Waals surface area contributed by atoms with Crippen LogP contribution in [0.2, 0.25) is 0 Å². The summed E-state index contributed by atoms with van der Waals surface area (Å²) in [6, 6.07) is 1.93. The molecule has 1 rings (SSSR count). The van der Waals surface area contributed by atoms with Gasteiger partial charge in [-0.3, -0.25) is 0 Å². The van der Waals surface area contributed by atoms with Gasteiger partial charge >= 0.3 is 12.1 Å². The summed E-state index contributed by atoms with van der Waals surface area (Å²) in [6.07, 6.45) is -0.777. The zero-order valence-electron chi connectivity index (χ0n) is 16.4. The van der Waals surface area contributed by atoms with Crippen molar-refractivity contribution in [2.75, 3.05) is 13.2 Å². The first-order valence-electron chi connectivity index (χ1n) is 8.81. The number of esters is 1. The molecule has 0 saturated heterocycles. The predicted molar refractivity (Wildman–Crippen MR) is 95.6 cm³/mol. The summed E-state index contributed by atoms with van der Waals surface area (Å²) in [5, 5.41) is 2.59. The fourth-order valence-electron chi connectivity index (χ4n) is 2.16. The smallest absolute Gasteiger partial charge is 0.407 e. The topological polar surface area (TPSA) is 73.9 Å². The van der Waals surface area contributed by atoms with Crippen LogP contribution in [0, 0.1) is 11.6 Å². The van der Waals surface area contributed by atoms with Crippen LogP contribution in [-0.4, -0.2) is 36.9 Å². The van der Waals surface area contributed by atoms with E-state index in [2.05, 4.69) is 5.32 Å². The van der Waals surface area contributed by atoms with E-state index in [4.69, 9.17) is 14.2 Å². The molecule has 0 aliphatic heterocycles. The molecule has 0 saturated carbocycles. The first kappa shape index (κ1) is 22.7. The van der Waals surface area contributed by atoms with Crippen LogP contribution in [0.5, 0.6) is 5.75 Å². The maximum Gasteiger partial charge on any atom is 0.407 e. The SMILES string of the molecule is CCOC(=O)[C@@H](C)Oc1cc(F)c(F)cc1CCCNC(=O)OC(C)(C)C. The Bertz CT molecular complexity index is 658. The van der Waals surface area contributed by atoms with Crippen LogP contribution >= 0.6 is 0 Å². The van der Waals surface area contributed by atoms with Crippen molar-refractivity contribution in [2.45, 2.75) is 59.2 Å². The Labute approximate surface area is 158 Å². The molecule has 8 heteroatoms. The number of amides is 1. The van der Waals surface area contributed by atoms with Crippen LogP contribution in [0.15, 0.2) is 12.1 Å². The lowest BCUT2D eigenvalue weighted by atomic mass is 10.1. The fourth-order valence-corrected chi connectivity index (χ4v) is 2.16. The van der Waals surface area contributed by atoms with Crippen molar-refractivity contribution in [3.8, 4) is 5.75 Å². The maximum absolute atomic E-state index is 13.6. The Morgan fingerprint density at radius 1 is 1.19 bits per heavy atom. The molecule has 0 aliphatic rings. The quantitative estimate of drug-likeness (QED) is 0.543. The van der Waals surface area contributed by atoms with Crippen LogP contribution in [-0.2, 0) is 20.7 Å². The lowest BCUT2D eigenvalue weighted by Gasteiger charge is -2.20. The summed E-state index contributed by atoms with van der Waals surface area (Å²) in [6.45, 7) is 8.85. The molecule has 152 valence electrons. The van der Waals surface area contributed by atoms with Gasteiger partial charge in [-0.05, 0) is 59.1 Å². The third-order valence-electron chi connectivity index (χ3n) is 3.32. The van der Waals surface area contributed by atoms with Gasteiger partial charge in [0.2, 0.25) is 0 Å². The second-order valence-electron chi connectivity index (χ2n) is 6.92. The van der Waals surface area contributed by atoms with Crippen LogP contribution in [0.25, 0.3) is 0 Å². The molecule has 1 atom stereocenters. The summed E-state index contributed by atoms with van der Waals surface area (Å²) >= 11 is 0. The molecule has 0 aliphatic carbocycles. The van der Waals surface area contributed by atoms with Crippen molar-refractivity contribution in [3.63, 3.8) is 0 Å².